The molecule has 0 fully saturated rings. The predicted octanol–water partition coefficient (Wildman–Crippen LogP) is 4.25. The minimum atomic E-state index is -4.19. The summed E-state index contributed by atoms with van der Waals surface area (Å²) in [6.45, 7) is 2.01. The number of benzene rings is 2. The highest BCUT2D eigenvalue weighted by atomic mass is 32.2. The van der Waals surface area contributed by atoms with E-state index in [1.165, 1.54) is 17.7 Å². The summed E-state index contributed by atoms with van der Waals surface area (Å²) in [7, 11) is -4.19. The predicted molar refractivity (Wildman–Crippen MR) is 92.4 cm³/mol. The summed E-state index contributed by atoms with van der Waals surface area (Å²) in [6.07, 6.45) is 1.63. The number of nitrogens with zero attached hydrogens (tertiary/aromatic N) is 1. The van der Waals surface area contributed by atoms with Gasteiger partial charge in [-0.05, 0) is 55.5 Å². The summed E-state index contributed by atoms with van der Waals surface area (Å²) in [5.74, 6) is 1.17. The van der Waals surface area contributed by atoms with E-state index in [4.69, 9.17) is 8.97 Å². The van der Waals surface area contributed by atoms with Gasteiger partial charge in [-0.2, -0.15) is 8.42 Å². The van der Waals surface area contributed by atoms with Crippen molar-refractivity contribution in [3.05, 3.63) is 72.0 Å². The maximum Gasteiger partial charge on any atom is 0.294 e. The highest BCUT2D eigenvalue weighted by Crippen LogP contribution is 2.23. The van der Waals surface area contributed by atoms with Crippen molar-refractivity contribution in [1.29, 1.82) is 0 Å². The smallest absolute Gasteiger partial charge is 0.294 e. The first-order valence-electron chi connectivity index (χ1n) is 7.20. The first kappa shape index (κ1) is 16.2. The van der Waals surface area contributed by atoms with Crippen molar-refractivity contribution in [2.75, 3.05) is 0 Å². The average Bonchev–Trinajstić information content (AvgIpc) is 3.03. The molecule has 0 amide bonds. The van der Waals surface area contributed by atoms with E-state index in [9.17, 15) is 8.42 Å². The lowest BCUT2D eigenvalue weighted by Crippen LogP contribution is -1.96. The maximum absolute atomic E-state index is 11.0. The van der Waals surface area contributed by atoms with Crippen molar-refractivity contribution in [1.82, 2.24) is 0 Å². The summed E-state index contributed by atoms with van der Waals surface area (Å²) in [6, 6.07) is 17.2. The molecule has 1 N–H and O–H groups in total. The number of furan rings is 1. The molecule has 0 saturated heterocycles. The molecule has 3 rings (SSSR count). The van der Waals surface area contributed by atoms with Crippen LogP contribution in [-0.2, 0) is 10.1 Å². The van der Waals surface area contributed by atoms with Crippen LogP contribution in [0.4, 0.5) is 5.69 Å². The summed E-state index contributed by atoms with van der Waals surface area (Å²) in [4.78, 5) is 4.19. The van der Waals surface area contributed by atoms with Gasteiger partial charge in [-0.25, -0.2) is 0 Å². The van der Waals surface area contributed by atoms with Crippen LogP contribution in [0.25, 0.3) is 11.3 Å². The molecule has 0 atom stereocenters. The molecule has 0 unspecified atom stereocenters. The Labute approximate surface area is 140 Å². The van der Waals surface area contributed by atoms with Crippen LogP contribution < -0.4 is 0 Å². The van der Waals surface area contributed by atoms with Gasteiger partial charge >= 0.3 is 0 Å². The van der Waals surface area contributed by atoms with Crippen molar-refractivity contribution in [2.45, 2.75) is 11.8 Å². The highest BCUT2D eigenvalue weighted by molar-refractivity contribution is 7.85. The minimum absolute atomic E-state index is 0.154. The zero-order valence-electron chi connectivity index (χ0n) is 12.9. The number of aliphatic imine (C=N–C) groups is 1. The summed E-state index contributed by atoms with van der Waals surface area (Å²) < 4.78 is 36.7. The zero-order chi connectivity index (χ0) is 17.2. The quantitative estimate of drug-likeness (QED) is 0.568. The van der Waals surface area contributed by atoms with Gasteiger partial charge in [0.15, 0.2) is 0 Å². The largest absolute Gasteiger partial charge is 0.455 e. The number of aryl methyl sites for hydroxylation is 1. The molecule has 0 saturated carbocycles. The van der Waals surface area contributed by atoms with Crippen molar-refractivity contribution in [3.63, 3.8) is 0 Å². The van der Waals surface area contributed by atoms with E-state index in [-0.39, 0.29) is 4.90 Å². The van der Waals surface area contributed by atoms with E-state index < -0.39 is 10.1 Å². The lowest BCUT2D eigenvalue weighted by molar-refractivity contribution is 0.483. The Morgan fingerprint density at radius 3 is 2.25 bits per heavy atom. The van der Waals surface area contributed by atoms with Gasteiger partial charge in [0.1, 0.15) is 11.5 Å². The molecule has 122 valence electrons. The normalized spacial score (nSPS) is 11.9. The van der Waals surface area contributed by atoms with Crippen LogP contribution in [0.5, 0.6) is 0 Å². The molecule has 0 aliphatic rings. The summed E-state index contributed by atoms with van der Waals surface area (Å²) >= 11 is 0. The van der Waals surface area contributed by atoms with Gasteiger partial charge in [-0.15, -0.1) is 0 Å². The van der Waals surface area contributed by atoms with Crippen LogP contribution in [0, 0.1) is 6.92 Å². The number of rotatable bonds is 4. The number of hydrogen-bond donors (Lipinski definition) is 1. The van der Waals surface area contributed by atoms with Gasteiger partial charge in [0, 0.05) is 5.56 Å². The molecule has 24 heavy (non-hydrogen) atoms. The highest BCUT2D eigenvalue weighted by Gasteiger charge is 2.10. The molecular formula is C18H15NO4S. The molecule has 0 spiro atoms. The molecule has 5 nitrogen and oxygen atoms in total. The van der Waals surface area contributed by atoms with E-state index in [1.54, 1.807) is 30.5 Å². The molecule has 1 heterocycles. The Morgan fingerprint density at radius 2 is 1.62 bits per heavy atom. The van der Waals surface area contributed by atoms with Gasteiger partial charge in [0.05, 0.1) is 16.8 Å². The monoisotopic (exact) mass is 341 g/mol. The van der Waals surface area contributed by atoms with Crippen LogP contribution in [0.2, 0.25) is 0 Å². The molecule has 0 radical (unpaired) electrons. The van der Waals surface area contributed by atoms with Crippen molar-refractivity contribution in [3.8, 4) is 11.3 Å². The second-order valence-corrected chi connectivity index (χ2v) is 6.72. The Balaban J connectivity index is 1.79. The van der Waals surface area contributed by atoms with E-state index in [2.05, 4.69) is 4.99 Å². The fourth-order valence-corrected chi connectivity index (χ4v) is 2.62. The van der Waals surface area contributed by atoms with E-state index in [0.29, 0.717) is 17.1 Å². The van der Waals surface area contributed by atoms with Gasteiger partial charge in [-0.3, -0.25) is 9.55 Å². The summed E-state index contributed by atoms with van der Waals surface area (Å²) in [5, 5.41) is 0. The first-order chi connectivity index (χ1) is 11.4. The topological polar surface area (TPSA) is 79.9 Å². The molecule has 3 aromatic rings. The maximum atomic E-state index is 11.0. The molecular weight excluding hydrogens is 326 g/mol. The Hall–Kier alpha value is -2.70. The van der Waals surface area contributed by atoms with Crippen LogP contribution in [-0.4, -0.2) is 19.2 Å². The van der Waals surface area contributed by atoms with Gasteiger partial charge in [0.25, 0.3) is 10.1 Å². The van der Waals surface area contributed by atoms with Crippen LogP contribution >= 0.6 is 0 Å². The molecule has 0 aliphatic heterocycles. The van der Waals surface area contributed by atoms with Crippen molar-refractivity contribution in [2.24, 2.45) is 4.99 Å². The summed E-state index contributed by atoms with van der Waals surface area (Å²) in [5.41, 5.74) is 2.70. The molecule has 2 aromatic carbocycles. The first-order valence-corrected chi connectivity index (χ1v) is 8.64. The Bertz CT molecular complexity index is 969. The second kappa shape index (κ2) is 6.43. The van der Waals surface area contributed by atoms with Crippen molar-refractivity contribution >= 4 is 22.0 Å². The van der Waals surface area contributed by atoms with E-state index in [0.717, 1.165) is 5.69 Å². The lowest BCUT2D eigenvalue weighted by atomic mass is 10.2. The third-order valence-electron chi connectivity index (χ3n) is 3.44. The SMILES string of the molecule is Cc1ccc(N=Cc2ccc(-c3ccc(S(=O)(=O)O)cc3)o2)cc1. The Kier molecular flexibility index (Phi) is 4.33. The van der Waals surface area contributed by atoms with Crippen LogP contribution in [0.3, 0.4) is 0 Å². The zero-order valence-corrected chi connectivity index (χ0v) is 13.7. The average molecular weight is 341 g/mol. The van der Waals surface area contributed by atoms with Crippen molar-refractivity contribution < 1.29 is 17.4 Å². The fourth-order valence-electron chi connectivity index (χ4n) is 2.14. The fraction of sp³-hybridized carbons (Fsp3) is 0.0556. The second-order valence-electron chi connectivity index (χ2n) is 5.30. The third kappa shape index (κ3) is 3.79. The van der Waals surface area contributed by atoms with Crippen LogP contribution in [0.1, 0.15) is 11.3 Å². The molecule has 1 aromatic heterocycles. The molecule has 0 aliphatic carbocycles. The van der Waals surface area contributed by atoms with Crippen LogP contribution in [0.15, 0.2) is 75.0 Å². The van der Waals surface area contributed by atoms with Gasteiger partial charge in [0.2, 0.25) is 0 Å². The molecule has 6 heteroatoms. The van der Waals surface area contributed by atoms with Gasteiger partial charge < -0.3 is 4.42 Å². The number of hydrogen-bond acceptors (Lipinski definition) is 4. The van der Waals surface area contributed by atoms with Gasteiger partial charge in [-0.1, -0.05) is 17.7 Å². The Morgan fingerprint density at radius 1 is 0.958 bits per heavy atom. The third-order valence-corrected chi connectivity index (χ3v) is 4.31. The lowest BCUT2D eigenvalue weighted by Gasteiger charge is -1.99. The molecule has 0 bridgehead atoms. The van der Waals surface area contributed by atoms with E-state index >= 15 is 0 Å². The standard InChI is InChI=1S/C18H15NO4S/c1-13-2-6-15(7-3-13)19-12-16-8-11-18(23-16)14-4-9-17(10-5-14)24(20,21)22/h2-12H,1H3,(H,20,21,22). The minimum Gasteiger partial charge on any atom is -0.455 e. The van der Waals surface area contributed by atoms with E-state index in [1.807, 2.05) is 31.2 Å².